The van der Waals surface area contributed by atoms with Crippen molar-refractivity contribution >= 4 is 0 Å². The van der Waals surface area contributed by atoms with Gasteiger partial charge in [-0.3, -0.25) is 0 Å². The molecule has 43 heavy (non-hydrogen) atoms. The van der Waals surface area contributed by atoms with Gasteiger partial charge in [-0.25, -0.2) is 0 Å². The molecule has 0 aliphatic carbocycles. The zero-order chi connectivity index (χ0) is 33.3. The molecule has 0 rings (SSSR count). The van der Waals surface area contributed by atoms with Crippen LogP contribution >= 0.6 is 0 Å². The summed E-state index contributed by atoms with van der Waals surface area (Å²) in [5.74, 6) is 1.45. The van der Waals surface area contributed by atoms with Crippen molar-refractivity contribution in [1.82, 2.24) is 0 Å². The standard InChI is InChI=1S/C36H74O7/c1-24(2)14-30(10)41-21-36(22-42-31(11)15-25(3)4,23-43-32(12)16-26(5)6)20-40-19-29(9)35(39)18-28(8)34(38)17-27(7)33(13)37/h24-35,37-39H,14-23H2,1-13H3. The molecule has 9 unspecified atom stereocenters. The van der Waals surface area contributed by atoms with Crippen molar-refractivity contribution in [2.24, 2.45) is 40.9 Å². The zero-order valence-electron chi connectivity index (χ0n) is 30.5. The van der Waals surface area contributed by atoms with Gasteiger partial charge in [0.05, 0.1) is 75.1 Å². The molecular weight excluding hydrogens is 544 g/mol. The summed E-state index contributed by atoms with van der Waals surface area (Å²) in [5, 5.41) is 31.4. The minimum atomic E-state index is -0.604. The number of aliphatic hydroxyl groups excluding tert-OH is 3. The summed E-state index contributed by atoms with van der Waals surface area (Å²) in [4.78, 5) is 0. The van der Waals surface area contributed by atoms with Crippen LogP contribution in [0.1, 0.15) is 122 Å². The molecule has 0 amide bonds. The van der Waals surface area contributed by atoms with E-state index in [9.17, 15) is 15.3 Å². The van der Waals surface area contributed by atoms with Crippen LogP contribution in [0.2, 0.25) is 0 Å². The number of aliphatic hydroxyl groups is 3. The average Bonchev–Trinajstić information content (AvgIpc) is 2.87. The first kappa shape index (κ1) is 42.7. The third-order valence-corrected chi connectivity index (χ3v) is 8.58. The largest absolute Gasteiger partial charge is 0.393 e. The van der Waals surface area contributed by atoms with Gasteiger partial charge in [-0.05, 0) is 89.4 Å². The highest BCUT2D eigenvalue weighted by Gasteiger charge is 2.35. The summed E-state index contributed by atoms with van der Waals surface area (Å²) in [6.07, 6.45) is 2.64. The minimum Gasteiger partial charge on any atom is -0.393 e. The van der Waals surface area contributed by atoms with E-state index >= 15 is 0 Å². The second-order valence-electron chi connectivity index (χ2n) is 15.5. The molecule has 0 aromatic rings. The van der Waals surface area contributed by atoms with E-state index in [-0.39, 0.29) is 36.1 Å². The maximum atomic E-state index is 11.0. The molecule has 0 radical (unpaired) electrons. The van der Waals surface area contributed by atoms with Crippen LogP contribution in [0.5, 0.6) is 0 Å². The second-order valence-corrected chi connectivity index (χ2v) is 15.5. The van der Waals surface area contributed by atoms with Crippen molar-refractivity contribution in [1.29, 1.82) is 0 Å². The summed E-state index contributed by atoms with van der Waals surface area (Å²) in [6.45, 7) is 29.5. The van der Waals surface area contributed by atoms with Crippen LogP contribution < -0.4 is 0 Å². The van der Waals surface area contributed by atoms with Gasteiger partial charge in [0.1, 0.15) is 0 Å². The number of hydrogen-bond acceptors (Lipinski definition) is 7. The summed E-state index contributed by atoms with van der Waals surface area (Å²) in [6, 6.07) is 0. The molecule has 0 fully saturated rings. The summed E-state index contributed by atoms with van der Waals surface area (Å²) < 4.78 is 25.7. The van der Waals surface area contributed by atoms with Gasteiger partial charge in [0, 0.05) is 5.92 Å². The van der Waals surface area contributed by atoms with Gasteiger partial charge < -0.3 is 34.3 Å². The Hall–Kier alpha value is -0.280. The fourth-order valence-electron chi connectivity index (χ4n) is 5.56. The Labute approximate surface area is 266 Å². The molecule has 0 spiro atoms. The fourth-order valence-corrected chi connectivity index (χ4v) is 5.56. The summed E-state index contributed by atoms with van der Waals surface area (Å²) in [7, 11) is 0. The molecule has 0 bridgehead atoms. The van der Waals surface area contributed by atoms with E-state index in [0.29, 0.717) is 63.6 Å². The first-order valence-electron chi connectivity index (χ1n) is 17.3. The molecule has 260 valence electrons. The fraction of sp³-hybridized carbons (Fsp3) is 1.00. The van der Waals surface area contributed by atoms with E-state index in [1.165, 1.54) is 0 Å². The van der Waals surface area contributed by atoms with Gasteiger partial charge in [-0.15, -0.1) is 0 Å². The van der Waals surface area contributed by atoms with Gasteiger partial charge in [-0.2, -0.15) is 0 Å². The molecule has 0 aliphatic rings. The molecule has 0 aliphatic heterocycles. The Balaban J connectivity index is 5.57. The molecule has 7 nitrogen and oxygen atoms in total. The topological polar surface area (TPSA) is 97.6 Å². The van der Waals surface area contributed by atoms with Crippen LogP contribution in [-0.2, 0) is 18.9 Å². The lowest BCUT2D eigenvalue weighted by molar-refractivity contribution is -0.143. The first-order chi connectivity index (χ1) is 19.9. The lowest BCUT2D eigenvalue weighted by Gasteiger charge is -2.36. The third kappa shape index (κ3) is 20.5. The van der Waals surface area contributed by atoms with Crippen LogP contribution in [0, 0.1) is 40.9 Å². The number of rotatable bonds is 26. The lowest BCUT2D eigenvalue weighted by Crippen LogP contribution is -2.44. The predicted octanol–water partition coefficient (Wildman–Crippen LogP) is 7.13. The first-order valence-corrected chi connectivity index (χ1v) is 17.3. The molecule has 7 heteroatoms. The molecule has 9 atom stereocenters. The maximum absolute atomic E-state index is 11.0. The second kappa shape index (κ2) is 22.3. The van der Waals surface area contributed by atoms with Crippen molar-refractivity contribution in [3.8, 4) is 0 Å². The van der Waals surface area contributed by atoms with E-state index in [1.807, 2.05) is 20.8 Å². The number of ether oxygens (including phenoxy) is 4. The Morgan fingerprint density at radius 3 is 1.14 bits per heavy atom. The van der Waals surface area contributed by atoms with Gasteiger partial charge in [-0.1, -0.05) is 62.3 Å². The summed E-state index contributed by atoms with van der Waals surface area (Å²) in [5.41, 5.74) is -0.479. The van der Waals surface area contributed by atoms with Crippen molar-refractivity contribution in [3.05, 3.63) is 0 Å². The van der Waals surface area contributed by atoms with Crippen LogP contribution in [0.15, 0.2) is 0 Å². The van der Waals surface area contributed by atoms with E-state index in [0.717, 1.165) is 19.3 Å². The highest BCUT2D eigenvalue weighted by molar-refractivity contribution is 4.82. The zero-order valence-corrected chi connectivity index (χ0v) is 30.5. The predicted molar refractivity (Wildman–Crippen MR) is 178 cm³/mol. The van der Waals surface area contributed by atoms with E-state index < -0.39 is 23.7 Å². The van der Waals surface area contributed by atoms with Gasteiger partial charge in [0.2, 0.25) is 0 Å². The Morgan fingerprint density at radius 1 is 0.442 bits per heavy atom. The van der Waals surface area contributed by atoms with Crippen LogP contribution in [0.3, 0.4) is 0 Å². The molecule has 0 aromatic carbocycles. The smallest absolute Gasteiger partial charge is 0.0638 e. The van der Waals surface area contributed by atoms with Crippen molar-refractivity contribution in [2.45, 2.75) is 159 Å². The van der Waals surface area contributed by atoms with E-state index in [4.69, 9.17) is 18.9 Å². The molecule has 0 heterocycles. The maximum Gasteiger partial charge on any atom is 0.0638 e. The van der Waals surface area contributed by atoms with Crippen LogP contribution in [-0.4, -0.2) is 85.0 Å². The van der Waals surface area contributed by atoms with E-state index in [1.54, 1.807) is 6.92 Å². The Morgan fingerprint density at radius 2 is 0.791 bits per heavy atom. The summed E-state index contributed by atoms with van der Waals surface area (Å²) >= 11 is 0. The Bertz CT molecular complexity index is 618. The van der Waals surface area contributed by atoms with Gasteiger partial charge >= 0.3 is 0 Å². The van der Waals surface area contributed by atoms with Crippen molar-refractivity contribution < 1.29 is 34.3 Å². The molecule has 0 saturated heterocycles. The van der Waals surface area contributed by atoms with E-state index in [2.05, 4.69) is 62.3 Å². The van der Waals surface area contributed by atoms with Gasteiger partial charge in [0.25, 0.3) is 0 Å². The number of hydrogen-bond donors (Lipinski definition) is 3. The molecular formula is C36H74O7. The molecule has 0 aromatic heterocycles. The average molecular weight is 619 g/mol. The normalized spacial score (nSPS) is 20.4. The highest BCUT2D eigenvalue weighted by atomic mass is 16.5. The highest BCUT2D eigenvalue weighted by Crippen LogP contribution is 2.27. The third-order valence-electron chi connectivity index (χ3n) is 8.58. The van der Waals surface area contributed by atoms with Gasteiger partial charge in [0.15, 0.2) is 0 Å². The monoisotopic (exact) mass is 619 g/mol. The minimum absolute atomic E-state index is 0.00454. The lowest BCUT2D eigenvalue weighted by atomic mass is 9.86. The van der Waals surface area contributed by atoms with Crippen molar-refractivity contribution in [3.63, 3.8) is 0 Å². The molecule has 3 N–H and O–H groups in total. The van der Waals surface area contributed by atoms with Crippen molar-refractivity contribution in [2.75, 3.05) is 33.0 Å². The van der Waals surface area contributed by atoms with Crippen LogP contribution in [0.4, 0.5) is 0 Å². The Kier molecular flexibility index (Phi) is 22.1. The van der Waals surface area contributed by atoms with Crippen LogP contribution in [0.25, 0.3) is 0 Å². The molecule has 0 saturated carbocycles. The quantitative estimate of drug-likeness (QED) is 0.0948. The SMILES string of the molecule is CC(C)CC(C)OCC(COCC(C)C(O)CC(C)C(O)CC(C)C(C)O)(COC(C)CC(C)C)COC(C)CC(C)C.